The van der Waals surface area contributed by atoms with Gasteiger partial charge in [-0.1, -0.05) is 6.92 Å². The van der Waals surface area contributed by atoms with Gasteiger partial charge in [0.2, 0.25) is 5.13 Å². The van der Waals surface area contributed by atoms with E-state index in [9.17, 15) is 5.11 Å². The topological polar surface area (TPSA) is 58.0 Å². The monoisotopic (exact) mass is 247 g/mol. The molecule has 0 radical (unpaired) electrons. The summed E-state index contributed by atoms with van der Waals surface area (Å²) in [5.74, 6) is 1.56. The Kier molecular flexibility index (Phi) is 4.82. The normalized spacial score (nSPS) is 14.9. The van der Waals surface area contributed by atoms with Crippen LogP contribution >= 0.6 is 23.3 Å². The van der Waals surface area contributed by atoms with E-state index in [1.807, 2.05) is 20.1 Å². The van der Waals surface area contributed by atoms with E-state index in [1.54, 1.807) is 11.8 Å². The maximum Gasteiger partial charge on any atom is 0.202 e. The van der Waals surface area contributed by atoms with E-state index in [1.165, 1.54) is 11.5 Å². The molecule has 1 atom stereocenters. The Morgan fingerprint density at radius 1 is 1.60 bits per heavy atom. The van der Waals surface area contributed by atoms with Gasteiger partial charge in [-0.2, -0.15) is 16.1 Å². The van der Waals surface area contributed by atoms with Crippen LogP contribution in [0.3, 0.4) is 0 Å². The fourth-order valence-corrected chi connectivity index (χ4v) is 2.47. The number of rotatable bonds is 6. The number of aliphatic hydroxyl groups is 1. The van der Waals surface area contributed by atoms with Crippen LogP contribution in [0.5, 0.6) is 0 Å². The van der Waals surface area contributed by atoms with Gasteiger partial charge >= 0.3 is 0 Å². The van der Waals surface area contributed by atoms with Gasteiger partial charge in [0.25, 0.3) is 0 Å². The smallest absolute Gasteiger partial charge is 0.202 e. The average Bonchev–Trinajstić information content (AvgIpc) is 2.62. The molecule has 1 rings (SSSR count). The quantitative estimate of drug-likeness (QED) is 0.800. The van der Waals surface area contributed by atoms with Gasteiger partial charge in [0.15, 0.2) is 0 Å². The summed E-state index contributed by atoms with van der Waals surface area (Å²) in [5.41, 5.74) is -0.697. The average molecular weight is 247 g/mol. The van der Waals surface area contributed by atoms with E-state index in [0.29, 0.717) is 12.3 Å². The van der Waals surface area contributed by atoms with Crippen molar-refractivity contribution < 1.29 is 5.11 Å². The molecule has 6 heteroatoms. The molecular weight excluding hydrogens is 230 g/mol. The number of anilines is 1. The zero-order chi connectivity index (χ0) is 11.3. The van der Waals surface area contributed by atoms with Gasteiger partial charge < -0.3 is 10.4 Å². The first kappa shape index (κ1) is 12.7. The summed E-state index contributed by atoms with van der Waals surface area (Å²) in [4.78, 5) is 4.27. The molecule has 0 bridgehead atoms. The molecule has 0 aliphatic heterocycles. The van der Waals surface area contributed by atoms with Crippen LogP contribution in [0.25, 0.3) is 0 Å². The minimum atomic E-state index is -0.697. The fourth-order valence-electron chi connectivity index (χ4n) is 1.10. The molecular formula is C9H17N3OS2. The predicted octanol–water partition coefficient (Wildman–Crippen LogP) is 1.63. The Labute approximate surface area is 98.7 Å². The van der Waals surface area contributed by atoms with Gasteiger partial charge in [0.1, 0.15) is 5.82 Å². The molecule has 2 N–H and O–H groups in total. The van der Waals surface area contributed by atoms with Crippen LogP contribution < -0.4 is 5.32 Å². The highest BCUT2D eigenvalue weighted by Gasteiger charge is 2.19. The molecule has 0 aliphatic rings. The van der Waals surface area contributed by atoms with Crippen LogP contribution in [0.15, 0.2) is 0 Å². The molecule has 1 heterocycles. The second kappa shape index (κ2) is 5.67. The second-order valence-corrected chi connectivity index (χ2v) is 5.27. The zero-order valence-corrected chi connectivity index (χ0v) is 10.9. The van der Waals surface area contributed by atoms with Gasteiger partial charge in [0.05, 0.1) is 5.60 Å². The van der Waals surface area contributed by atoms with Crippen LogP contribution in [0.2, 0.25) is 0 Å². The predicted molar refractivity (Wildman–Crippen MR) is 66.8 cm³/mol. The number of nitrogens with zero attached hydrogens (tertiary/aromatic N) is 2. The number of thioether (sulfide) groups is 1. The molecule has 4 nitrogen and oxygen atoms in total. The van der Waals surface area contributed by atoms with Crippen LogP contribution in [-0.2, 0) is 6.42 Å². The van der Waals surface area contributed by atoms with Crippen molar-refractivity contribution in [1.29, 1.82) is 0 Å². The minimum Gasteiger partial charge on any atom is -0.387 e. The van der Waals surface area contributed by atoms with E-state index < -0.39 is 5.60 Å². The third kappa shape index (κ3) is 4.36. The highest BCUT2D eigenvalue weighted by molar-refractivity contribution is 7.98. The Bertz CT molecular complexity index is 301. The van der Waals surface area contributed by atoms with Crippen molar-refractivity contribution >= 4 is 28.4 Å². The standard InChI is InChI=1S/C9H17N3OS2/c1-4-7-11-8(15-12-7)10-5-9(2,13)6-14-3/h13H,4-6H2,1-3H3,(H,10,11,12). The number of nitrogens with one attached hydrogen (secondary N) is 1. The lowest BCUT2D eigenvalue weighted by Crippen LogP contribution is -2.36. The Morgan fingerprint density at radius 3 is 2.87 bits per heavy atom. The van der Waals surface area contributed by atoms with Gasteiger partial charge in [-0.25, -0.2) is 4.98 Å². The van der Waals surface area contributed by atoms with Crippen LogP contribution in [0.1, 0.15) is 19.7 Å². The van der Waals surface area contributed by atoms with Crippen LogP contribution in [0.4, 0.5) is 5.13 Å². The van der Waals surface area contributed by atoms with Gasteiger partial charge in [-0.15, -0.1) is 0 Å². The number of hydrogen-bond donors (Lipinski definition) is 2. The molecule has 0 aromatic carbocycles. The number of aryl methyl sites for hydroxylation is 1. The van der Waals surface area contributed by atoms with Crippen molar-refractivity contribution in [2.75, 3.05) is 23.9 Å². The van der Waals surface area contributed by atoms with Crippen molar-refractivity contribution in [3.8, 4) is 0 Å². The minimum absolute atomic E-state index is 0.506. The third-order valence-electron chi connectivity index (χ3n) is 1.86. The van der Waals surface area contributed by atoms with Crippen LogP contribution in [0, 0.1) is 0 Å². The van der Waals surface area contributed by atoms with Gasteiger partial charge in [0, 0.05) is 30.3 Å². The third-order valence-corrected chi connectivity index (χ3v) is 3.48. The fraction of sp³-hybridized carbons (Fsp3) is 0.778. The lowest BCUT2D eigenvalue weighted by atomic mass is 10.1. The number of hydrogen-bond acceptors (Lipinski definition) is 6. The number of aromatic nitrogens is 2. The lowest BCUT2D eigenvalue weighted by Gasteiger charge is -2.21. The summed E-state index contributed by atoms with van der Waals surface area (Å²) in [7, 11) is 0. The second-order valence-electron chi connectivity index (χ2n) is 3.65. The first-order chi connectivity index (χ1) is 7.07. The Hall–Kier alpha value is -0.330. The van der Waals surface area contributed by atoms with E-state index in [4.69, 9.17) is 0 Å². The van der Waals surface area contributed by atoms with Gasteiger partial charge in [-0.3, -0.25) is 0 Å². The van der Waals surface area contributed by atoms with Crippen LogP contribution in [-0.4, -0.2) is 38.6 Å². The van der Waals surface area contributed by atoms with Gasteiger partial charge in [-0.05, 0) is 13.2 Å². The van der Waals surface area contributed by atoms with Crippen molar-refractivity contribution in [3.63, 3.8) is 0 Å². The largest absolute Gasteiger partial charge is 0.387 e. The zero-order valence-electron chi connectivity index (χ0n) is 9.28. The van der Waals surface area contributed by atoms with E-state index in [-0.39, 0.29) is 0 Å². The molecule has 86 valence electrons. The molecule has 0 aliphatic carbocycles. The van der Waals surface area contributed by atoms with Crippen molar-refractivity contribution in [1.82, 2.24) is 9.36 Å². The van der Waals surface area contributed by atoms with E-state index >= 15 is 0 Å². The maximum absolute atomic E-state index is 9.91. The summed E-state index contributed by atoms with van der Waals surface area (Å²) in [6.07, 6.45) is 2.83. The van der Waals surface area contributed by atoms with E-state index in [2.05, 4.69) is 14.7 Å². The lowest BCUT2D eigenvalue weighted by molar-refractivity contribution is 0.0997. The highest BCUT2D eigenvalue weighted by atomic mass is 32.2. The SMILES string of the molecule is CCc1nsc(NCC(C)(O)CSC)n1. The first-order valence-electron chi connectivity index (χ1n) is 4.85. The molecule has 0 spiro atoms. The molecule has 15 heavy (non-hydrogen) atoms. The Morgan fingerprint density at radius 2 is 2.33 bits per heavy atom. The maximum atomic E-state index is 9.91. The summed E-state index contributed by atoms with van der Waals surface area (Å²) in [5, 5.41) is 13.8. The van der Waals surface area contributed by atoms with E-state index in [0.717, 1.165) is 17.4 Å². The molecule has 0 amide bonds. The molecule has 1 aromatic rings. The molecule has 0 saturated heterocycles. The molecule has 0 saturated carbocycles. The van der Waals surface area contributed by atoms with Crippen molar-refractivity contribution in [3.05, 3.63) is 5.82 Å². The summed E-state index contributed by atoms with van der Waals surface area (Å²) in [6.45, 7) is 4.35. The summed E-state index contributed by atoms with van der Waals surface area (Å²) < 4.78 is 4.16. The molecule has 1 aromatic heterocycles. The summed E-state index contributed by atoms with van der Waals surface area (Å²) >= 11 is 2.97. The first-order valence-corrected chi connectivity index (χ1v) is 7.02. The summed E-state index contributed by atoms with van der Waals surface area (Å²) in [6, 6.07) is 0. The molecule has 0 fully saturated rings. The van der Waals surface area contributed by atoms with Crippen molar-refractivity contribution in [2.24, 2.45) is 0 Å². The molecule has 1 unspecified atom stereocenters. The Balaban J connectivity index is 2.42. The van der Waals surface area contributed by atoms with Crippen molar-refractivity contribution in [2.45, 2.75) is 25.9 Å². The highest BCUT2D eigenvalue weighted by Crippen LogP contribution is 2.15.